The zero-order chi connectivity index (χ0) is 15.2. The van der Waals surface area contributed by atoms with Crippen molar-refractivity contribution in [3.8, 4) is 11.8 Å². The fourth-order valence-corrected chi connectivity index (χ4v) is 2.56. The van der Waals surface area contributed by atoms with Crippen LogP contribution in [0.5, 0.6) is 5.75 Å². The summed E-state index contributed by atoms with van der Waals surface area (Å²) < 4.78 is 6.41. The van der Waals surface area contributed by atoms with Crippen molar-refractivity contribution in [1.82, 2.24) is 5.32 Å². The van der Waals surface area contributed by atoms with Gasteiger partial charge in [-0.3, -0.25) is 0 Å². The molecule has 0 aliphatic rings. The maximum Gasteiger partial charge on any atom is 0.123 e. The van der Waals surface area contributed by atoms with Crippen molar-refractivity contribution in [2.24, 2.45) is 0 Å². The lowest BCUT2D eigenvalue weighted by molar-refractivity contribution is 0.406. The van der Waals surface area contributed by atoms with Crippen LogP contribution in [0.15, 0.2) is 46.9 Å². The first-order valence-corrected chi connectivity index (χ1v) is 7.49. The first kappa shape index (κ1) is 15.6. The summed E-state index contributed by atoms with van der Waals surface area (Å²) in [5.41, 5.74) is 2.83. The van der Waals surface area contributed by atoms with E-state index in [-0.39, 0.29) is 6.04 Å². The number of halogens is 1. The molecule has 0 fully saturated rings. The molecule has 108 valence electrons. The molecular weight excluding hydrogens is 328 g/mol. The molecule has 0 unspecified atom stereocenters. The van der Waals surface area contributed by atoms with Gasteiger partial charge in [0.1, 0.15) is 5.75 Å². The summed E-state index contributed by atoms with van der Waals surface area (Å²) in [7, 11) is 1.64. The van der Waals surface area contributed by atoms with Crippen molar-refractivity contribution in [2.75, 3.05) is 7.11 Å². The van der Waals surface area contributed by atoms with Crippen LogP contribution < -0.4 is 10.1 Å². The average molecular weight is 345 g/mol. The zero-order valence-corrected chi connectivity index (χ0v) is 13.6. The standard InChI is InChI=1S/C17H17BrN2O/c1-12(14-4-3-5-16(18)9-14)20-11-15-8-13(10-19)6-7-17(15)21-2/h3-9,12,20H,11H2,1-2H3/t12-/m1/s1. The summed E-state index contributed by atoms with van der Waals surface area (Å²) in [6.45, 7) is 2.76. The third-order valence-corrected chi connectivity index (χ3v) is 3.85. The van der Waals surface area contributed by atoms with Crippen molar-refractivity contribution in [3.05, 3.63) is 63.6 Å². The van der Waals surface area contributed by atoms with Crippen LogP contribution in [0.2, 0.25) is 0 Å². The Morgan fingerprint density at radius 2 is 2.10 bits per heavy atom. The lowest BCUT2D eigenvalue weighted by Gasteiger charge is -2.16. The number of rotatable bonds is 5. The fourth-order valence-electron chi connectivity index (χ4n) is 2.14. The van der Waals surface area contributed by atoms with E-state index < -0.39 is 0 Å². The number of nitrogens with one attached hydrogen (secondary N) is 1. The van der Waals surface area contributed by atoms with Crippen molar-refractivity contribution < 1.29 is 4.74 Å². The van der Waals surface area contributed by atoms with Gasteiger partial charge in [0.05, 0.1) is 18.7 Å². The number of ether oxygens (including phenoxy) is 1. The van der Waals surface area contributed by atoms with E-state index in [1.165, 1.54) is 5.56 Å². The molecule has 2 rings (SSSR count). The van der Waals surface area contributed by atoms with Gasteiger partial charge >= 0.3 is 0 Å². The zero-order valence-electron chi connectivity index (χ0n) is 12.1. The second-order valence-electron chi connectivity index (χ2n) is 4.80. The van der Waals surface area contributed by atoms with Gasteiger partial charge in [-0.15, -0.1) is 0 Å². The van der Waals surface area contributed by atoms with E-state index in [4.69, 9.17) is 10.00 Å². The van der Waals surface area contributed by atoms with Crippen molar-refractivity contribution in [3.63, 3.8) is 0 Å². The van der Waals surface area contributed by atoms with Gasteiger partial charge in [-0.05, 0) is 42.8 Å². The Labute approximate surface area is 133 Å². The first-order chi connectivity index (χ1) is 10.1. The highest BCUT2D eigenvalue weighted by atomic mass is 79.9. The second-order valence-corrected chi connectivity index (χ2v) is 5.71. The summed E-state index contributed by atoms with van der Waals surface area (Å²) in [6, 6.07) is 16.0. The van der Waals surface area contributed by atoms with Gasteiger partial charge in [-0.2, -0.15) is 5.26 Å². The van der Waals surface area contributed by atoms with E-state index in [2.05, 4.69) is 46.4 Å². The number of hydrogen-bond donors (Lipinski definition) is 1. The molecule has 2 aromatic carbocycles. The Morgan fingerprint density at radius 3 is 2.76 bits per heavy atom. The topological polar surface area (TPSA) is 45.0 Å². The van der Waals surface area contributed by atoms with Gasteiger partial charge in [0.15, 0.2) is 0 Å². The highest BCUT2D eigenvalue weighted by Gasteiger charge is 2.08. The van der Waals surface area contributed by atoms with Crippen LogP contribution in [0.4, 0.5) is 0 Å². The molecule has 2 aromatic rings. The van der Waals surface area contributed by atoms with Crippen molar-refractivity contribution in [2.45, 2.75) is 19.5 Å². The first-order valence-electron chi connectivity index (χ1n) is 6.70. The Balaban J connectivity index is 2.10. The highest BCUT2D eigenvalue weighted by Crippen LogP contribution is 2.22. The second kappa shape index (κ2) is 7.26. The maximum atomic E-state index is 9.00. The van der Waals surface area contributed by atoms with Crippen LogP contribution in [-0.4, -0.2) is 7.11 Å². The molecule has 21 heavy (non-hydrogen) atoms. The van der Waals surface area contributed by atoms with Crippen LogP contribution in [-0.2, 0) is 6.54 Å². The molecule has 0 radical (unpaired) electrons. The molecule has 0 spiro atoms. The normalized spacial score (nSPS) is 11.7. The molecule has 3 nitrogen and oxygen atoms in total. The predicted molar refractivity (Wildman–Crippen MR) is 87.1 cm³/mol. The Hall–Kier alpha value is -1.83. The molecule has 0 saturated heterocycles. The van der Waals surface area contributed by atoms with Crippen LogP contribution >= 0.6 is 15.9 Å². The summed E-state index contributed by atoms with van der Waals surface area (Å²) >= 11 is 3.48. The Kier molecular flexibility index (Phi) is 5.38. The molecule has 4 heteroatoms. The number of nitriles is 1. The van der Waals surface area contributed by atoms with Crippen LogP contribution in [0.1, 0.15) is 29.7 Å². The lowest BCUT2D eigenvalue weighted by Crippen LogP contribution is -2.18. The van der Waals surface area contributed by atoms with Gasteiger partial charge in [-0.25, -0.2) is 0 Å². The highest BCUT2D eigenvalue weighted by molar-refractivity contribution is 9.10. The fraction of sp³-hybridized carbons (Fsp3) is 0.235. The third kappa shape index (κ3) is 4.07. The SMILES string of the molecule is COc1ccc(C#N)cc1CN[C@H](C)c1cccc(Br)c1. The Morgan fingerprint density at radius 1 is 1.29 bits per heavy atom. The van der Waals surface area contributed by atoms with E-state index >= 15 is 0 Å². The van der Waals surface area contributed by atoms with Crippen molar-refractivity contribution >= 4 is 15.9 Å². The predicted octanol–water partition coefficient (Wildman–Crippen LogP) is 4.18. The molecule has 0 bridgehead atoms. The van der Waals surface area contributed by atoms with Crippen molar-refractivity contribution in [1.29, 1.82) is 5.26 Å². The quantitative estimate of drug-likeness (QED) is 0.884. The molecule has 0 saturated carbocycles. The van der Waals surface area contributed by atoms with E-state index in [0.717, 1.165) is 15.8 Å². The van der Waals surface area contributed by atoms with Gasteiger partial charge in [0.2, 0.25) is 0 Å². The summed E-state index contributed by atoms with van der Waals surface area (Å²) in [5.74, 6) is 0.794. The molecule has 0 aromatic heterocycles. The summed E-state index contributed by atoms with van der Waals surface area (Å²) in [4.78, 5) is 0. The van der Waals surface area contributed by atoms with Crippen LogP contribution in [0.25, 0.3) is 0 Å². The molecular formula is C17H17BrN2O. The smallest absolute Gasteiger partial charge is 0.123 e. The molecule has 1 atom stereocenters. The number of methoxy groups -OCH3 is 1. The minimum Gasteiger partial charge on any atom is -0.496 e. The molecule has 0 aliphatic carbocycles. The van der Waals surface area contributed by atoms with Gasteiger partial charge in [0.25, 0.3) is 0 Å². The maximum absolute atomic E-state index is 9.00. The van der Waals surface area contributed by atoms with E-state index in [1.54, 1.807) is 13.2 Å². The van der Waals surface area contributed by atoms with E-state index in [1.807, 2.05) is 24.3 Å². The van der Waals surface area contributed by atoms with Gasteiger partial charge in [0, 0.05) is 22.6 Å². The largest absolute Gasteiger partial charge is 0.496 e. The third-order valence-electron chi connectivity index (χ3n) is 3.36. The van der Waals surface area contributed by atoms with Crippen LogP contribution in [0, 0.1) is 11.3 Å². The van der Waals surface area contributed by atoms with Gasteiger partial charge in [-0.1, -0.05) is 28.1 Å². The molecule has 0 aliphatic heterocycles. The molecule has 0 amide bonds. The Bertz CT molecular complexity index is 664. The van der Waals surface area contributed by atoms with E-state index in [0.29, 0.717) is 12.1 Å². The summed E-state index contributed by atoms with van der Waals surface area (Å²) in [5, 5.41) is 12.5. The minimum atomic E-state index is 0.206. The minimum absolute atomic E-state index is 0.206. The number of benzene rings is 2. The molecule has 1 N–H and O–H groups in total. The number of hydrogen-bond acceptors (Lipinski definition) is 3. The van der Waals surface area contributed by atoms with Gasteiger partial charge < -0.3 is 10.1 Å². The van der Waals surface area contributed by atoms with E-state index in [9.17, 15) is 0 Å². The average Bonchev–Trinajstić information content (AvgIpc) is 2.52. The van der Waals surface area contributed by atoms with Crippen LogP contribution in [0.3, 0.4) is 0 Å². The number of nitrogens with zero attached hydrogens (tertiary/aromatic N) is 1. The lowest BCUT2D eigenvalue weighted by atomic mass is 10.1. The summed E-state index contributed by atoms with van der Waals surface area (Å²) in [6.07, 6.45) is 0. The monoisotopic (exact) mass is 344 g/mol. The molecule has 0 heterocycles.